The molecular weight excluding hydrogens is 396 g/mol. The maximum Gasteiger partial charge on any atom is 0.147 e. The molecule has 6 heteroatoms. The molecule has 0 aliphatic carbocycles. The van der Waals surface area contributed by atoms with Gasteiger partial charge in [0.2, 0.25) is 0 Å². The summed E-state index contributed by atoms with van der Waals surface area (Å²) in [7, 11) is 0. The van der Waals surface area contributed by atoms with Gasteiger partial charge in [-0.05, 0) is 29.0 Å². The summed E-state index contributed by atoms with van der Waals surface area (Å²) in [6.45, 7) is 15.1. The van der Waals surface area contributed by atoms with E-state index in [1.165, 1.54) is 0 Å². The first-order valence-corrected chi connectivity index (χ1v) is 10.8. The molecule has 2 heterocycles. The fraction of sp³-hybridized carbons (Fsp3) is 0.680. The van der Waals surface area contributed by atoms with Crippen molar-refractivity contribution in [1.29, 1.82) is 0 Å². The molecule has 0 saturated carbocycles. The maximum atomic E-state index is 10.4. The van der Waals surface area contributed by atoms with Gasteiger partial charge in [-0.1, -0.05) is 52.7 Å². The average molecular weight is 433 g/mol. The molecule has 1 unspecified atom stereocenters. The molecule has 0 aromatic heterocycles. The molecule has 1 aromatic carbocycles. The Hall–Kier alpha value is -1.78. The number of phenols is 1. The highest BCUT2D eigenvalue weighted by Crippen LogP contribution is 2.42. The van der Waals surface area contributed by atoms with Crippen molar-refractivity contribution in [3.8, 4) is 17.8 Å². The van der Waals surface area contributed by atoms with Gasteiger partial charge in [0.05, 0.1) is 31.3 Å². The maximum absolute atomic E-state index is 10.4. The lowest BCUT2D eigenvalue weighted by Gasteiger charge is -2.50. The quantitative estimate of drug-likeness (QED) is 0.728. The van der Waals surface area contributed by atoms with E-state index < -0.39 is 0 Å². The van der Waals surface area contributed by atoms with E-state index in [-0.39, 0.29) is 29.1 Å². The third kappa shape index (κ3) is 5.53. The Balaban J connectivity index is 1.62. The molecule has 1 N–H and O–H groups in total. The van der Waals surface area contributed by atoms with E-state index in [1.807, 2.05) is 19.1 Å². The first kappa shape index (κ1) is 23.9. The van der Waals surface area contributed by atoms with Crippen molar-refractivity contribution in [3.63, 3.8) is 0 Å². The molecule has 31 heavy (non-hydrogen) atoms. The molecule has 2 fully saturated rings. The number of benzene rings is 1. The van der Waals surface area contributed by atoms with Gasteiger partial charge in [-0.15, -0.1) is 0 Å². The number of phenolic OH excluding ortho intramolecular Hbond substituents is 1. The predicted molar refractivity (Wildman–Crippen MR) is 118 cm³/mol. The summed E-state index contributed by atoms with van der Waals surface area (Å²) in [6.07, 6.45) is 3.29. The zero-order valence-electron chi connectivity index (χ0n) is 19.7. The van der Waals surface area contributed by atoms with E-state index in [9.17, 15) is 5.11 Å². The van der Waals surface area contributed by atoms with Crippen molar-refractivity contribution in [2.24, 2.45) is 10.8 Å². The van der Waals surface area contributed by atoms with Crippen LogP contribution in [-0.2, 0) is 35.5 Å². The van der Waals surface area contributed by atoms with Gasteiger partial charge in [-0.2, -0.15) is 0 Å². The zero-order chi connectivity index (χ0) is 22.7. The van der Waals surface area contributed by atoms with Gasteiger partial charge < -0.3 is 28.8 Å². The monoisotopic (exact) mass is 432 g/mol. The Bertz CT molecular complexity index is 813. The average Bonchev–Trinajstić information content (AvgIpc) is 2.70. The van der Waals surface area contributed by atoms with E-state index in [0.29, 0.717) is 45.4 Å². The molecule has 0 amide bonds. The standard InChI is InChI=1S/C25H36O6/c1-18-10-19(11-20(21(18)26)23(2,3)4)8-7-9-27-12-24(5,6)22-25(15-30-17-31-22)13-28-16-29-14-25/h10-11,22,26H,8,12-17H2,1-6H3. The predicted octanol–water partition coefficient (Wildman–Crippen LogP) is 3.91. The Morgan fingerprint density at radius 1 is 1.06 bits per heavy atom. The Morgan fingerprint density at radius 2 is 1.71 bits per heavy atom. The van der Waals surface area contributed by atoms with Crippen molar-refractivity contribution >= 4 is 0 Å². The lowest BCUT2D eigenvalue weighted by molar-refractivity contribution is -0.298. The summed E-state index contributed by atoms with van der Waals surface area (Å²) in [5, 5.41) is 10.4. The summed E-state index contributed by atoms with van der Waals surface area (Å²) in [5.74, 6) is 3.47. The Kier molecular flexibility index (Phi) is 7.22. The van der Waals surface area contributed by atoms with Crippen LogP contribution < -0.4 is 0 Å². The third-order valence-corrected chi connectivity index (χ3v) is 5.97. The van der Waals surface area contributed by atoms with Crippen molar-refractivity contribution in [1.82, 2.24) is 0 Å². The lowest BCUT2D eigenvalue weighted by atomic mass is 9.70. The topological polar surface area (TPSA) is 66.4 Å². The highest BCUT2D eigenvalue weighted by atomic mass is 16.7. The molecule has 0 radical (unpaired) electrons. The second-order valence-corrected chi connectivity index (χ2v) is 10.5. The zero-order valence-corrected chi connectivity index (χ0v) is 19.7. The van der Waals surface area contributed by atoms with Crippen LogP contribution in [-0.4, -0.2) is 51.2 Å². The van der Waals surface area contributed by atoms with Gasteiger partial charge in [-0.25, -0.2) is 0 Å². The number of aromatic hydroxyl groups is 1. The van der Waals surface area contributed by atoms with Crippen LogP contribution in [0.2, 0.25) is 0 Å². The van der Waals surface area contributed by atoms with Crippen LogP contribution in [0.15, 0.2) is 12.1 Å². The second kappa shape index (κ2) is 9.38. The smallest absolute Gasteiger partial charge is 0.147 e. The van der Waals surface area contributed by atoms with Gasteiger partial charge in [0.1, 0.15) is 32.0 Å². The number of ether oxygens (including phenoxy) is 5. The number of hydrogen-bond acceptors (Lipinski definition) is 6. The van der Waals surface area contributed by atoms with Gasteiger partial charge in [-0.3, -0.25) is 0 Å². The van der Waals surface area contributed by atoms with Crippen molar-refractivity contribution < 1.29 is 28.8 Å². The van der Waals surface area contributed by atoms with Gasteiger partial charge in [0.15, 0.2) is 0 Å². The van der Waals surface area contributed by atoms with Gasteiger partial charge >= 0.3 is 0 Å². The van der Waals surface area contributed by atoms with E-state index in [4.69, 9.17) is 23.7 Å². The van der Waals surface area contributed by atoms with Crippen LogP contribution in [0.25, 0.3) is 0 Å². The minimum atomic E-state index is -0.330. The highest BCUT2D eigenvalue weighted by molar-refractivity contribution is 5.47. The number of rotatable bonds is 4. The summed E-state index contributed by atoms with van der Waals surface area (Å²) >= 11 is 0. The van der Waals surface area contributed by atoms with Crippen LogP contribution >= 0.6 is 0 Å². The Labute approximate surface area is 186 Å². The first-order valence-electron chi connectivity index (χ1n) is 10.8. The molecular formula is C25H36O6. The van der Waals surface area contributed by atoms with Crippen LogP contribution in [0.5, 0.6) is 5.75 Å². The van der Waals surface area contributed by atoms with Crippen molar-refractivity contribution in [3.05, 3.63) is 28.8 Å². The molecule has 6 nitrogen and oxygen atoms in total. The first-order chi connectivity index (χ1) is 14.6. The largest absolute Gasteiger partial charge is 0.507 e. The molecule has 3 rings (SSSR count). The molecule has 2 aliphatic rings. The lowest BCUT2D eigenvalue weighted by Crippen LogP contribution is -2.60. The van der Waals surface area contributed by atoms with E-state index in [0.717, 1.165) is 16.7 Å². The van der Waals surface area contributed by atoms with Gasteiger partial charge in [0, 0.05) is 11.8 Å². The van der Waals surface area contributed by atoms with Crippen LogP contribution in [0.4, 0.5) is 0 Å². The normalized spacial score (nSPS) is 21.4. The minimum absolute atomic E-state index is 0.120. The van der Waals surface area contributed by atoms with Crippen molar-refractivity contribution in [2.75, 3.05) is 40.0 Å². The molecule has 1 spiro atoms. The Morgan fingerprint density at radius 3 is 2.35 bits per heavy atom. The number of hydrogen-bond donors (Lipinski definition) is 1. The molecule has 1 atom stereocenters. The minimum Gasteiger partial charge on any atom is -0.507 e. The highest BCUT2D eigenvalue weighted by Gasteiger charge is 2.52. The SMILES string of the molecule is Cc1cc(CC#COCC(C)(C)C2OCOCC23COCOC3)cc(C(C)(C)C)c1O. The summed E-state index contributed by atoms with van der Waals surface area (Å²) < 4.78 is 28.4. The summed E-state index contributed by atoms with van der Waals surface area (Å²) in [4.78, 5) is 0. The van der Waals surface area contributed by atoms with Crippen molar-refractivity contribution in [2.45, 2.75) is 59.5 Å². The molecule has 0 bridgehead atoms. The van der Waals surface area contributed by atoms with Crippen LogP contribution in [0.3, 0.4) is 0 Å². The van der Waals surface area contributed by atoms with E-state index in [1.54, 1.807) is 0 Å². The van der Waals surface area contributed by atoms with E-state index in [2.05, 4.69) is 46.6 Å². The van der Waals surface area contributed by atoms with Gasteiger partial charge in [0.25, 0.3) is 0 Å². The summed E-state index contributed by atoms with van der Waals surface area (Å²) in [6, 6.07) is 4.01. The molecule has 172 valence electrons. The fourth-order valence-electron chi connectivity index (χ4n) is 4.51. The number of aryl methyl sites for hydroxylation is 1. The van der Waals surface area contributed by atoms with E-state index >= 15 is 0 Å². The fourth-order valence-corrected chi connectivity index (χ4v) is 4.51. The third-order valence-electron chi connectivity index (χ3n) is 5.97. The summed E-state index contributed by atoms with van der Waals surface area (Å²) in [5.41, 5.74) is 2.11. The molecule has 2 saturated heterocycles. The second-order valence-electron chi connectivity index (χ2n) is 10.5. The molecule has 2 aliphatic heterocycles. The van der Waals surface area contributed by atoms with Crippen LogP contribution in [0, 0.1) is 29.8 Å². The molecule has 1 aromatic rings. The van der Waals surface area contributed by atoms with Crippen LogP contribution in [0.1, 0.15) is 51.3 Å².